The van der Waals surface area contributed by atoms with Crippen LogP contribution in [0.4, 0.5) is 0 Å². The standard InChI is InChI=1S/C22H26N2O7S2/c1-28-11-10-24-17-13-18(30-3)19(31-4)14-20(17)32-22(24)23-21(25)9-12-33(26,27)16-7-5-15(29-2)6-8-16/h5-8,13-14H,9-12H2,1-4H3. The molecule has 0 spiro atoms. The molecule has 1 amide bonds. The van der Waals surface area contributed by atoms with Gasteiger partial charge in [0, 0.05) is 32.2 Å². The van der Waals surface area contributed by atoms with E-state index in [2.05, 4.69) is 4.99 Å². The van der Waals surface area contributed by atoms with Gasteiger partial charge in [0.1, 0.15) is 5.75 Å². The molecule has 0 aliphatic carbocycles. The highest BCUT2D eigenvalue weighted by molar-refractivity contribution is 7.91. The Hall–Kier alpha value is -2.89. The molecule has 178 valence electrons. The maximum absolute atomic E-state index is 12.6. The zero-order valence-corrected chi connectivity index (χ0v) is 20.5. The number of carbonyl (C=O) groups is 1. The van der Waals surface area contributed by atoms with Crippen LogP contribution in [0.3, 0.4) is 0 Å². The SMILES string of the molecule is COCCn1c(=NC(=O)CCS(=O)(=O)c2ccc(OC)cc2)sc2cc(OC)c(OC)cc21. The fraction of sp³-hybridized carbons (Fsp3) is 0.364. The molecule has 2 aromatic carbocycles. The van der Waals surface area contributed by atoms with E-state index in [1.54, 1.807) is 33.5 Å². The lowest BCUT2D eigenvalue weighted by Gasteiger charge is -2.09. The highest BCUT2D eigenvalue weighted by Gasteiger charge is 2.18. The number of hydrogen-bond acceptors (Lipinski definition) is 8. The van der Waals surface area contributed by atoms with Crippen LogP contribution in [-0.4, -0.2) is 59.7 Å². The van der Waals surface area contributed by atoms with Crippen molar-refractivity contribution in [1.82, 2.24) is 4.57 Å². The van der Waals surface area contributed by atoms with Crippen LogP contribution in [0.2, 0.25) is 0 Å². The van der Waals surface area contributed by atoms with E-state index < -0.39 is 15.7 Å². The van der Waals surface area contributed by atoms with Crippen molar-refractivity contribution >= 4 is 37.3 Å². The smallest absolute Gasteiger partial charge is 0.249 e. The minimum Gasteiger partial charge on any atom is -0.497 e. The summed E-state index contributed by atoms with van der Waals surface area (Å²) in [5.41, 5.74) is 0.812. The van der Waals surface area contributed by atoms with Crippen molar-refractivity contribution in [2.24, 2.45) is 4.99 Å². The Bertz CT molecular complexity index is 1290. The molecule has 0 unspecified atom stereocenters. The van der Waals surface area contributed by atoms with Crippen LogP contribution in [0.5, 0.6) is 17.2 Å². The third-order valence-corrected chi connectivity index (χ3v) is 7.70. The van der Waals surface area contributed by atoms with Gasteiger partial charge in [0.15, 0.2) is 26.1 Å². The Kier molecular flexibility index (Phi) is 8.11. The van der Waals surface area contributed by atoms with Crippen LogP contribution in [0, 0.1) is 0 Å². The van der Waals surface area contributed by atoms with Gasteiger partial charge in [-0.05, 0) is 24.3 Å². The van der Waals surface area contributed by atoms with Gasteiger partial charge in [-0.1, -0.05) is 11.3 Å². The molecule has 0 saturated carbocycles. The van der Waals surface area contributed by atoms with Gasteiger partial charge in [-0.25, -0.2) is 8.42 Å². The Morgan fingerprint density at radius 2 is 1.67 bits per heavy atom. The molecular weight excluding hydrogens is 468 g/mol. The molecule has 3 aromatic rings. The largest absolute Gasteiger partial charge is 0.497 e. The normalized spacial score (nSPS) is 12.2. The number of ether oxygens (including phenoxy) is 4. The summed E-state index contributed by atoms with van der Waals surface area (Å²) in [6, 6.07) is 9.69. The average Bonchev–Trinajstić information content (AvgIpc) is 3.15. The maximum Gasteiger partial charge on any atom is 0.249 e. The van der Waals surface area contributed by atoms with Crippen LogP contribution in [0.1, 0.15) is 6.42 Å². The second kappa shape index (κ2) is 10.8. The van der Waals surface area contributed by atoms with E-state index in [4.69, 9.17) is 18.9 Å². The predicted octanol–water partition coefficient (Wildman–Crippen LogP) is 2.67. The summed E-state index contributed by atoms with van der Waals surface area (Å²) in [7, 11) is 2.56. The van der Waals surface area contributed by atoms with Crippen LogP contribution in [0.25, 0.3) is 10.2 Å². The topological polar surface area (TPSA) is 105 Å². The summed E-state index contributed by atoms with van der Waals surface area (Å²) in [5.74, 6) is 0.806. The lowest BCUT2D eigenvalue weighted by Crippen LogP contribution is -2.20. The summed E-state index contributed by atoms with van der Waals surface area (Å²) in [6.45, 7) is 0.871. The first-order valence-corrected chi connectivity index (χ1v) is 12.5. The van der Waals surface area contributed by atoms with E-state index in [0.717, 1.165) is 10.2 Å². The number of methoxy groups -OCH3 is 4. The summed E-state index contributed by atoms with van der Waals surface area (Å²) in [5, 5.41) is 0. The second-order valence-electron chi connectivity index (χ2n) is 6.95. The number of nitrogens with zero attached hydrogens (tertiary/aromatic N) is 2. The number of thiazole rings is 1. The molecule has 0 aliphatic heterocycles. The highest BCUT2D eigenvalue weighted by Crippen LogP contribution is 2.33. The third-order valence-electron chi connectivity index (χ3n) is 4.93. The zero-order chi connectivity index (χ0) is 24.0. The van der Waals surface area contributed by atoms with E-state index in [-0.39, 0.29) is 17.1 Å². The van der Waals surface area contributed by atoms with Crippen LogP contribution < -0.4 is 19.0 Å². The van der Waals surface area contributed by atoms with Gasteiger partial charge in [0.2, 0.25) is 5.91 Å². The molecule has 1 heterocycles. The predicted molar refractivity (Wildman–Crippen MR) is 125 cm³/mol. The summed E-state index contributed by atoms with van der Waals surface area (Å²) < 4.78 is 48.9. The second-order valence-corrected chi connectivity index (χ2v) is 10.1. The van der Waals surface area contributed by atoms with Gasteiger partial charge in [0.05, 0.1) is 48.8 Å². The average molecular weight is 495 g/mol. The molecule has 9 nitrogen and oxygen atoms in total. The molecule has 0 radical (unpaired) electrons. The van der Waals surface area contributed by atoms with Gasteiger partial charge in [-0.3, -0.25) is 4.79 Å². The molecule has 3 rings (SSSR count). The molecule has 0 N–H and O–H groups in total. The number of aromatic nitrogens is 1. The zero-order valence-electron chi connectivity index (χ0n) is 18.9. The van der Waals surface area contributed by atoms with E-state index in [1.165, 1.54) is 30.6 Å². The highest BCUT2D eigenvalue weighted by atomic mass is 32.2. The molecule has 0 fully saturated rings. The van der Waals surface area contributed by atoms with Crippen molar-refractivity contribution in [3.05, 3.63) is 41.2 Å². The lowest BCUT2D eigenvalue weighted by atomic mass is 10.3. The van der Waals surface area contributed by atoms with Crippen LogP contribution in [0.15, 0.2) is 46.3 Å². The minimum atomic E-state index is -3.63. The first kappa shape index (κ1) is 24.7. The molecule has 11 heteroatoms. The van der Waals surface area contributed by atoms with E-state index in [1.807, 2.05) is 16.7 Å². The van der Waals surface area contributed by atoms with Gasteiger partial charge in [0.25, 0.3) is 0 Å². The van der Waals surface area contributed by atoms with Crippen molar-refractivity contribution < 1.29 is 32.2 Å². The Labute approximate surface area is 196 Å². The fourth-order valence-electron chi connectivity index (χ4n) is 3.17. The number of rotatable bonds is 10. The number of carbonyl (C=O) groups excluding carboxylic acids is 1. The van der Waals surface area contributed by atoms with Crippen molar-refractivity contribution in [3.63, 3.8) is 0 Å². The number of hydrogen-bond donors (Lipinski definition) is 0. The maximum atomic E-state index is 12.6. The minimum absolute atomic E-state index is 0.132. The van der Waals surface area contributed by atoms with E-state index in [0.29, 0.717) is 35.2 Å². The van der Waals surface area contributed by atoms with E-state index >= 15 is 0 Å². The summed E-state index contributed by atoms with van der Waals surface area (Å²) in [6.07, 6.45) is -0.237. The number of benzene rings is 2. The number of amides is 1. The van der Waals surface area contributed by atoms with Crippen molar-refractivity contribution in [2.45, 2.75) is 17.9 Å². The molecule has 0 bridgehead atoms. The lowest BCUT2D eigenvalue weighted by molar-refractivity contribution is -0.117. The number of fused-ring (bicyclic) bond motifs is 1. The first-order valence-electron chi connectivity index (χ1n) is 10.0. The quantitative estimate of drug-likeness (QED) is 0.427. The molecular formula is C22H26N2O7S2. The van der Waals surface area contributed by atoms with Gasteiger partial charge >= 0.3 is 0 Å². The Balaban J connectivity index is 1.89. The van der Waals surface area contributed by atoms with Crippen molar-refractivity contribution in [1.29, 1.82) is 0 Å². The van der Waals surface area contributed by atoms with Crippen LogP contribution in [-0.2, 0) is 25.9 Å². The van der Waals surface area contributed by atoms with Gasteiger partial charge in [-0.2, -0.15) is 4.99 Å². The molecule has 0 saturated heterocycles. The fourth-order valence-corrected chi connectivity index (χ4v) is 5.48. The summed E-state index contributed by atoms with van der Waals surface area (Å²) in [4.78, 5) is 17.4. The third kappa shape index (κ3) is 5.73. The van der Waals surface area contributed by atoms with Gasteiger partial charge in [-0.15, -0.1) is 0 Å². The van der Waals surface area contributed by atoms with Crippen molar-refractivity contribution in [3.8, 4) is 17.2 Å². The van der Waals surface area contributed by atoms with E-state index in [9.17, 15) is 13.2 Å². The first-order chi connectivity index (χ1) is 15.8. The Morgan fingerprint density at radius 3 is 2.27 bits per heavy atom. The molecule has 0 atom stereocenters. The molecule has 33 heavy (non-hydrogen) atoms. The van der Waals surface area contributed by atoms with Crippen LogP contribution >= 0.6 is 11.3 Å². The molecule has 1 aromatic heterocycles. The van der Waals surface area contributed by atoms with Gasteiger partial charge < -0.3 is 23.5 Å². The summed E-state index contributed by atoms with van der Waals surface area (Å²) >= 11 is 1.31. The monoisotopic (exact) mass is 494 g/mol. The molecule has 0 aliphatic rings. The Morgan fingerprint density at radius 1 is 1.00 bits per heavy atom. The van der Waals surface area contributed by atoms with Crippen molar-refractivity contribution in [2.75, 3.05) is 40.8 Å². The number of sulfone groups is 1.